The Morgan fingerprint density at radius 3 is 2.74 bits per heavy atom. The van der Waals surface area contributed by atoms with Crippen molar-refractivity contribution in [1.29, 1.82) is 5.41 Å². The monoisotopic (exact) mass is 363 g/mol. The minimum absolute atomic E-state index is 0.0376. The van der Waals surface area contributed by atoms with Crippen LogP contribution in [0.4, 0.5) is 0 Å². The number of nitrogens with one attached hydrogen (secondary N) is 2. The van der Waals surface area contributed by atoms with Crippen LogP contribution in [0.1, 0.15) is 27.0 Å². The SMILES string of the molecule is C=C(c1ccccc1C)N1CCOCC1CNC(=O)c1ccc(C=N)cc1. The summed E-state index contributed by atoms with van der Waals surface area (Å²) < 4.78 is 5.64. The molecule has 1 heterocycles. The number of hydrogen-bond acceptors (Lipinski definition) is 4. The largest absolute Gasteiger partial charge is 0.377 e. The number of aryl methyl sites for hydroxylation is 1. The molecule has 1 amide bonds. The van der Waals surface area contributed by atoms with E-state index in [2.05, 4.69) is 35.9 Å². The lowest BCUT2D eigenvalue weighted by Crippen LogP contribution is -2.50. The first kappa shape index (κ1) is 18.9. The zero-order valence-electron chi connectivity index (χ0n) is 15.6. The molecule has 1 aliphatic rings. The Morgan fingerprint density at radius 1 is 1.30 bits per heavy atom. The number of morpholine rings is 1. The first-order valence-corrected chi connectivity index (χ1v) is 9.08. The van der Waals surface area contributed by atoms with Gasteiger partial charge in [-0.2, -0.15) is 0 Å². The number of amides is 1. The highest BCUT2D eigenvalue weighted by atomic mass is 16.5. The third kappa shape index (κ3) is 4.44. The Balaban J connectivity index is 1.66. The average Bonchev–Trinajstić information content (AvgIpc) is 2.72. The van der Waals surface area contributed by atoms with Crippen molar-refractivity contribution < 1.29 is 9.53 Å². The average molecular weight is 363 g/mol. The van der Waals surface area contributed by atoms with E-state index >= 15 is 0 Å². The zero-order chi connectivity index (χ0) is 19.2. The second-order valence-corrected chi connectivity index (χ2v) is 6.66. The van der Waals surface area contributed by atoms with Crippen LogP contribution in [0.15, 0.2) is 55.1 Å². The van der Waals surface area contributed by atoms with E-state index in [-0.39, 0.29) is 11.9 Å². The van der Waals surface area contributed by atoms with E-state index in [1.165, 1.54) is 11.8 Å². The van der Waals surface area contributed by atoms with E-state index in [0.717, 1.165) is 23.4 Å². The molecule has 2 aromatic rings. The highest BCUT2D eigenvalue weighted by molar-refractivity contribution is 5.94. The maximum atomic E-state index is 12.4. The molecule has 0 radical (unpaired) electrons. The summed E-state index contributed by atoms with van der Waals surface area (Å²) in [5.74, 6) is -0.126. The van der Waals surface area contributed by atoms with Crippen LogP contribution in [0.25, 0.3) is 5.70 Å². The molecular formula is C22H25N3O2. The number of rotatable bonds is 6. The number of nitrogens with zero attached hydrogens (tertiary/aromatic N) is 1. The van der Waals surface area contributed by atoms with Crippen molar-refractivity contribution in [2.24, 2.45) is 0 Å². The summed E-state index contributed by atoms with van der Waals surface area (Å²) in [4.78, 5) is 14.7. The van der Waals surface area contributed by atoms with E-state index in [0.29, 0.717) is 25.3 Å². The second-order valence-electron chi connectivity index (χ2n) is 6.66. The standard InChI is InChI=1S/C22H25N3O2/c1-16-5-3-4-6-21(16)17(2)25-11-12-27-15-20(25)14-24-22(26)19-9-7-18(13-23)8-10-19/h3-10,13,20,23H,2,11-12,14-15H2,1H3,(H,24,26). The number of ether oxygens (including phenoxy) is 1. The Labute approximate surface area is 160 Å². The van der Waals surface area contributed by atoms with Crippen molar-refractivity contribution in [3.05, 3.63) is 77.4 Å². The summed E-state index contributed by atoms with van der Waals surface area (Å²) >= 11 is 0. The topological polar surface area (TPSA) is 65.4 Å². The van der Waals surface area contributed by atoms with Gasteiger partial charge in [0.15, 0.2) is 0 Å². The molecule has 0 bridgehead atoms. The summed E-state index contributed by atoms with van der Waals surface area (Å²) in [5.41, 5.74) is 4.63. The summed E-state index contributed by atoms with van der Waals surface area (Å²) in [6.07, 6.45) is 1.26. The fourth-order valence-corrected chi connectivity index (χ4v) is 3.27. The van der Waals surface area contributed by atoms with E-state index in [1.807, 2.05) is 12.1 Å². The van der Waals surface area contributed by atoms with Gasteiger partial charge in [-0.25, -0.2) is 0 Å². The summed E-state index contributed by atoms with van der Waals surface area (Å²) in [6.45, 7) is 8.82. The maximum Gasteiger partial charge on any atom is 0.251 e. The Kier molecular flexibility index (Phi) is 6.04. The predicted molar refractivity (Wildman–Crippen MR) is 108 cm³/mol. The Morgan fingerprint density at radius 2 is 2.04 bits per heavy atom. The minimum Gasteiger partial charge on any atom is -0.377 e. The Hall–Kier alpha value is -2.92. The first-order valence-electron chi connectivity index (χ1n) is 9.08. The van der Waals surface area contributed by atoms with Gasteiger partial charge in [0.25, 0.3) is 5.91 Å². The molecule has 5 heteroatoms. The molecule has 2 aromatic carbocycles. The van der Waals surface area contributed by atoms with Gasteiger partial charge < -0.3 is 20.4 Å². The highest BCUT2D eigenvalue weighted by Gasteiger charge is 2.25. The molecule has 3 rings (SSSR count). The van der Waals surface area contributed by atoms with Crippen LogP contribution < -0.4 is 5.32 Å². The molecule has 0 aromatic heterocycles. The summed E-state index contributed by atoms with van der Waals surface area (Å²) in [5, 5.41) is 10.2. The van der Waals surface area contributed by atoms with Gasteiger partial charge in [0.1, 0.15) is 0 Å². The fourth-order valence-electron chi connectivity index (χ4n) is 3.27. The predicted octanol–water partition coefficient (Wildman–Crippen LogP) is 3.09. The zero-order valence-corrected chi connectivity index (χ0v) is 15.6. The quantitative estimate of drug-likeness (QED) is 0.775. The number of benzene rings is 2. The lowest BCUT2D eigenvalue weighted by atomic mass is 10.0. The van der Waals surface area contributed by atoms with E-state index in [1.54, 1.807) is 24.3 Å². The minimum atomic E-state index is -0.126. The number of carbonyl (C=O) groups is 1. The maximum absolute atomic E-state index is 12.4. The molecule has 0 spiro atoms. The second kappa shape index (κ2) is 8.64. The van der Waals surface area contributed by atoms with Crippen LogP contribution in [0.2, 0.25) is 0 Å². The van der Waals surface area contributed by atoms with E-state index in [4.69, 9.17) is 10.1 Å². The van der Waals surface area contributed by atoms with Crippen LogP contribution in [0.3, 0.4) is 0 Å². The molecule has 1 saturated heterocycles. The summed E-state index contributed by atoms with van der Waals surface area (Å²) in [7, 11) is 0. The van der Waals surface area contributed by atoms with Crippen LogP contribution in [-0.4, -0.2) is 49.4 Å². The van der Waals surface area contributed by atoms with Crippen LogP contribution in [0.5, 0.6) is 0 Å². The van der Waals surface area contributed by atoms with Crippen molar-refractivity contribution >= 4 is 17.8 Å². The van der Waals surface area contributed by atoms with Gasteiger partial charge in [-0.1, -0.05) is 43.0 Å². The van der Waals surface area contributed by atoms with Crippen LogP contribution in [-0.2, 0) is 4.74 Å². The van der Waals surface area contributed by atoms with Gasteiger partial charge in [-0.05, 0) is 30.2 Å². The molecule has 140 valence electrons. The van der Waals surface area contributed by atoms with Crippen molar-refractivity contribution in [2.75, 3.05) is 26.3 Å². The number of carbonyl (C=O) groups excluding carboxylic acids is 1. The molecular weight excluding hydrogens is 338 g/mol. The molecule has 1 fully saturated rings. The third-order valence-electron chi connectivity index (χ3n) is 4.87. The molecule has 0 aliphatic carbocycles. The van der Waals surface area contributed by atoms with Crippen molar-refractivity contribution in [2.45, 2.75) is 13.0 Å². The molecule has 5 nitrogen and oxygen atoms in total. The van der Waals surface area contributed by atoms with Crippen molar-refractivity contribution in [3.63, 3.8) is 0 Å². The third-order valence-corrected chi connectivity index (χ3v) is 4.87. The molecule has 2 N–H and O–H groups in total. The van der Waals surface area contributed by atoms with E-state index < -0.39 is 0 Å². The summed E-state index contributed by atoms with van der Waals surface area (Å²) in [6, 6.07) is 15.2. The molecule has 1 unspecified atom stereocenters. The van der Waals surface area contributed by atoms with Gasteiger partial charge in [0.05, 0.1) is 19.3 Å². The van der Waals surface area contributed by atoms with Gasteiger partial charge in [-0.15, -0.1) is 0 Å². The lowest BCUT2D eigenvalue weighted by Gasteiger charge is -2.39. The molecule has 0 saturated carbocycles. The lowest BCUT2D eigenvalue weighted by molar-refractivity contribution is 0.0220. The first-order chi connectivity index (χ1) is 13.1. The van der Waals surface area contributed by atoms with E-state index in [9.17, 15) is 4.79 Å². The van der Waals surface area contributed by atoms with Gasteiger partial charge in [0.2, 0.25) is 0 Å². The highest BCUT2D eigenvalue weighted by Crippen LogP contribution is 2.24. The van der Waals surface area contributed by atoms with Gasteiger partial charge in [0, 0.05) is 36.1 Å². The Bertz CT molecular complexity index is 830. The van der Waals surface area contributed by atoms with Crippen molar-refractivity contribution in [1.82, 2.24) is 10.2 Å². The van der Waals surface area contributed by atoms with Crippen LogP contribution in [0, 0.1) is 12.3 Å². The molecule has 1 atom stereocenters. The smallest absolute Gasteiger partial charge is 0.251 e. The fraction of sp³-hybridized carbons (Fsp3) is 0.273. The van der Waals surface area contributed by atoms with Crippen molar-refractivity contribution in [3.8, 4) is 0 Å². The van der Waals surface area contributed by atoms with Gasteiger partial charge in [-0.3, -0.25) is 4.79 Å². The molecule has 27 heavy (non-hydrogen) atoms. The normalized spacial score (nSPS) is 16.6. The molecule has 1 aliphatic heterocycles. The number of hydrogen-bond donors (Lipinski definition) is 2. The van der Waals surface area contributed by atoms with Gasteiger partial charge >= 0.3 is 0 Å². The van der Waals surface area contributed by atoms with Crippen LogP contribution >= 0.6 is 0 Å².